The van der Waals surface area contributed by atoms with Gasteiger partial charge in [0.25, 0.3) is 0 Å². The summed E-state index contributed by atoms with van der Waals surface area (Å²) in [6, 6.07) is 7.49. The highest BCUT2D eigenvalue weighted by Crippen LogP contribution is 2.23. The second-order valence-electron chi connectivity index (χ2n) is 7.52. The number of hydrogen-bond donors (Lipinski definition) is 4. The molecule has 0 unspecified atom stereocenters. The first-order valence-corrected chi connectivity index (χ1v) is 10.1. The van der Waals surface area contributed by atoms with E-state index >= 15 is 0 Å². The van der Waals surface area contributed by atoms with Gasteiger partial charge in [-0.05, 0) is 30.0 Å². The average Bonchev–Trinajstić information content (AvgIpc) is 3.15. The molecule has 0 aliphatic rings. The zero-order chi connectivity index (χ0) is 21.7. The van der Waals surface area contributed by atoms with Crippen LogP contribution in [0.2, 0.25) is 0 Å². The molecule has 1 amide bonds. The quantitative estimate of drug-likeness (QED) is 0.428. The molecule has 4 N–H and O–H groups in total. The highest BCUT2D eigenvalue weighted by molar-refractivity contribution is 5.88. The Morgan fingerprint density at radius 3 is 2.53 bits per heavy atom. The molecule has 2 aromatic heterocycles. The molecule has 2 heterocycles. The van der Waals surface area contributed by atoms with Crippen molar-refractivity contribution in [1.82, 2.24) is 19.6 Å². The van der Waals surface area contributed by atoms with E-state index in [1.807, 2.05) is 37.4 Å². The van der Waals surface area contributed by atoms with Gasteiger partial charge in [0.2, 0.25) is 17.8 Å². The van der Waals surface area contributed by atoms with Gasteiger partial charge in [-0.2, -0.15) is 19.6 Å². The fraction of sp³-hybridized carbons (Fsp3) is 0.429. The lowest BCUT2D eigenvalue weighted by Crippen LogP contribution is -2.24. The SMILES string of the molecule is CC[C@H](CO)Nc1nc(NCc2ccc(NC(C)=O)cc2)n2ncc(C(C)C)c2n1. The molecule has 0 spiro atoms. The predicted molar refractivity (Wildman–Crippen MR) is 118 cm³/mol. The van der Waals surface area contributed by atoms with Crippen LogP contribution in [0.15, 0.2) is 30.5 Å². The van der Waals surface area contributed by atoms with Crippen LogP contribution < -0.4 is 16.0 Å². The number of nitrogens with zero attached hydrogens (tertiary/aromatic N) is 4. The van der Waals surface area contributed by atoms with Crippen LogP contribution in [0.3, 0.4) is 0 Å². The molecule has 0 aliphatic carbocycles. The standard InChI is InChI=1S/C21H29N7O2/c1-5-16(12-29)25-20-26-19-18(13(2)3)11-23-28(19)21(27-20)22-10-15-6-8-17(9-7-15)24-14(4)30/h6-9,11,13,16,29H,5,10,12H2,1-4H3,(H,24,30)(H2,22,25,26,27)/t16-/m1/s1. The second-order valence-corrected chi connectivity index (χ2v) is 7.52. The number of aromatic nitrogens is 4. The van der Waals surface area contributed by atoms with Gasteiger partial charge in [0.15, 0.2) is 5.65 Å². The summed E-state index contributed by atoms with van der Waals surface area (Å²) in [6.45, 7) is 8.20. The number of benzene rings is 1. The lowest BCUT2D eigenvalue weighted by Gasteiger charge is -2.16. The van der Waals surface area contributed by atoms with E-state index in [4.69, 9.17) is 0 Å². The van der Waals surface area contributed by atoms with Gasteiger partial charge in [-0.3, -0.25) is 4.79 Å². The normalized spacial score (nSPS) is 12.2. The minimum Gasteiger partial charge on any atom is -0.394 e. The van der Waals surface area contributed by atoms with Crippen LogP contribution in [-0.2, 0) is 11.3 Å². The zero-order valence-corrected chi connectivity index (χ0v) is 17.8. The van der Waals surface area contributed by atoms with Crippen molar-refractivity contribution in [2.45, 2.75) is 52.6 Å². The van der Waals surface area contributed by atoms with Crippen LogP contribution in [0.5, 0.6) is 0 Å². The third kappa shape index (κ3) is 5.04. The highest BCUT2D eigenvalue weighted by Gasteiger charge is 2.16. The predicted octanol–water partition coefficient (Wildman–Crippen LogP) is 3.00. The van der Waals surface area contributed by atoms with Crippen LogP contribution in [0.4, 0.5) is 17.6 Å². The number of amides is 1. The Labute approximate surface area is 175 Å². The summed E-state index contributed by atoms with van der Waals surface area (Å²) in [5.74, 6) is 1.18. The van der Waals surface area contributed by atoms with Gasteiger partial charge in [0.05, 0.1) is 18.8 Å². The molecule has 1 aromatic carbocycles. The lowest BCUT2D eigenvalue weighted by molar-refractivity contribution is -0.114. The maximum atomic E-state index is 11.2. The summed E-state index contributed by atoms with van der Waals surface area (Å²) in [5.41, 5.74) is 3.55. The Morgan fingerprint density at radius 2 is 1.93 bits per heavy atom. The van der Waals surface area contributed by atoms with Crippen LogP contribution in [0.25, 0.3) is 5.65 Å². The molecular formula is C21H29N7O2. The number of fused-ring (bicyclic) bond motifs is 1. The number of carbonyl (C=O) groups is 1. The van der Waals surface area contributed by atoms with Crippen LogP contribution in [0.1, 0.15) is 51.2 Å². The molecule has 0 saturated heterocycles. The molecule has 0 fully saturated rings. The van der Waals surface area contributed by atoms with Crippen LogP contribution in [-0.4, -0.2) is 43.2 Å². The van der Waals surface area contributed by atoms with Gasteiger partial charge >= 0.3 is 0 Å². The fourth-order valence-electron chi connectivity index (χ4n) is 3.03. The summed E-state index contributed by atoms with van der Waals surface area (Å²) in [4.78, 5) is 20.4. The summed E-state index contributed by atoms with van der Waals surface area (Å²) >= 11 is 0. The van der Waals surface area contributed by atoms with E-state index in [2.05, 4.69) is 44.9 Å². The maximum Gasteiger partial charge on any atom is 0.229 e. The van der Waals surface area contributed by atoms with Crippen molar-refractivity contribution < 1.29 is 9.90 Å². The smallest absolute Gasteiger partial charge is 0.229 e. The number of nitrogens with one attached hydrogen (secondary N) is 3. The molecular weight excluding hydrogens is 382 g/mol. The van der Waals surface area contributed by atoms with E-state index in [1.54, 1.807) is 4.52 Å². The maximum absolute atomic E-state index is 11.2. The Morgan fingerprint density at radius 1 is 1.20 bits per heavy atom. The van der Waals surface area contributed by atoms with E-state index in [0.29, 0.717) is 18.4 Å². The Hall–Kier alpha value is -3.20. The third-order valence-corrected chi connectivity index (χ3v) is 4.79. The molecule has 0 radical (unpaired) electrons. The number of carbonyl (C=O) groups excluding carboxylic acids is 1. The second kappa shape index (κ2) is 9.53. The lowest BCUT2D eigenvalue weighted by atomic mass is 10.1. The van der Waals surface area contributed by atoms with Crippen molar-refractivity contribution in [3.8, 4) is 0 Å². The first-order chi connectivity index (χ1) is 14.4. The van der Waals surface area contributed by atoms with Crippen molar-refractivity contribution in [3.05, 3.63) is 41.6 Å². The molecule has 9 nitrogen and oxygen atoms in total. The third-order valence-electron chi connectivity index (χ3n) is 4.79. The molecule has 3 rings (SSSR count). The van der Waals surface area contributed by atoms with Crippen molar-refractivity contribution in [2.24, 2.45) is 0 Å². The number of rotatable bonds is 9. The van der Waals surface area contributed by atoms with E-state index in [-0.39, 0.29) is 24.5 Å². The van der Waals surface area contributed by atoms with Gasteiger partial charge < -0.3 is 21.1 Å². The molecule has 0 bridgehead atoms. The molecule has 0 saturated carbocycles. The van der Waals surface area contributed by atoms with Crippen molar-refractivity contribution in [3.63, 3.8) is 0 Å². The van der Waals surface area contributed by atoms with Gasteiger partial charge in [0.1, 0.15) is 0 Å². The number of anilines is 3. The highest BCUT2D eigenvalue weighted by atomic mass is 16.3. The van der Waals surface area contributed by atoms with Crippen molar-refractivity contribution in [2.75, 3.05) is 22.6 Å². The topological polar surface area (TPSA) is 116 Å². The first kappa shape index (κ1) is 21.5. The van der Waals surface area contributed by atoms with Crippen LogP contribution in [0, 0.1) is 0 Å². The van der Waals surface area contributed by atoms with Gasteiger partial charge in [-0.1, -0.05) is 32.9 Å². The summed E-state index contributed by atoms with van der Waals surface area (Å²) < 4.78 is 1.70. The molecule has 30 heavy (non-hydrogen) atoms. The van der Waals surface area contributed by atoms with Crippen molar-refractivity contribution in [1.29, 1.82) is 0 Å². The van der Waals surface area contributed by atoms with E-state index in [1.165, 1.54) is 6.92 Å². The van der Waals surface area contributed by atoms with E-state index < -0.39 is 0 Å². The van der Waals surface area contributed by atoms with E-state index in [9.17, 15) is 9.90 Å². The number of hydrogen-bond acceptors (Lipinski definition) is 7. The Balaban J connectivity index is 1.86. The molecule has 9 heteroatoms. The van der Waals surface area contributed by atoms with Crippen LogP contribution >= 0.6 is 0 Å². The monoisotopic (exact) mass is 411 g/mol. The summed E-state index contributed by atoms with van der Waals surface area (Å²) in [6.07, 6.45) is 2.57. The number of aliphatic hydroxyl groups excluding tert-OH is 1. The van der Waals surface area contributed by atoms with Gasteiger partial charge in [0, 0.05) is 24.7 Å². The molecule has 3 aromatic rings. The minimum atomic E-state index is -0.118. The summed E-state index contributed by atoms with van der Waals surface area (Å²) in [5, 5.41) is 23.3. The summed E-state index contributed by atoms with van der Waals surface area (Å²) in [7, 11) is 0. The molecule has 1 atom stereocenters. The van der Waals surface area contributed by atoms with Gasteiger partial charge in [-0.15, -0.1) is 0 Å². The number of aliphatic hydroxyl groups is 1. The minimum absolute atomic E-state index is 0.00471. The zero-order valence-electron chi connectivity index (χ0n) is 17.8. The Kier molecular flexibility index (Phi) is 6.83. The Bertz CT molecular complexity index is 995. The first-order valence-electron chi connectivity index (χ1n) is 10.1. The fourth-order valence-corrected chi connectivity index (χ4v) is 3.03. The van der Waals surface area contributed by atoms with E-state index in [0.717, 1.165) is 28.9 Å². The molecule has 160 valence electrons. The average molecular weight is 412 g/mol. The van der Waals surface area contributed by atoms with Crippen molar-refractivity contribution >= 4 is 29.1 Å². The molecule has 0 aliphatic heterocycles. The largest absolute Gasteiger partial charge is 0.394 e. The van der Waals surface area contributed by atoms with Gasteiger partial charge in [-0.25, -0.2) is 0 Å².